The normalized spacial score (nSPS) is 17.3. The SMILES string of the molecule is CSCC[C@@H](NC(=O)C1CCCCC1)c1nnc2ccccn12. The van der Waals surface area contributed by atoms with Crippen molar-refractivity contribution in [3.63, 3.8) is 0 Å². The number of nitrogens with zero attached hydrogens (tertiary/aromatic N) is 3. The number of carbonyl (C=O) groups excluding carboxylic acids is 1. The Kier molecular flexibility index (Phi) is 5.54. The molecule has 0 radical (unpaired) electrons. The zero-order valence-corrected chi connectivity index (χ0v) is 14.4. The first-order chi connectivity index (χ1) is 11.3. The predicted molar refractivity (Wildman–Crippen MR) is 93.4 cm³/mol. The molecule has 1 atom stereocenters. The van der Waals surface area contributed by atoms with E-state index < -0.39 is 0 Å². The molecule has 1 aliphatic carbocycles. The van der Waals surface area contributed by atoms with E-state index in [0.29, 0.717) is 0 Å². The number of amides is 1. The molecule has 6 heteroatoms. The van der Waals surface area contributed by atoms with Crippen molar-refractivity contribution < 1.29 is 4.79 Å². The number of pyridine rings is 1. The molecular weight excluding hydrogens is 308 g/mol. The molecule has 2 aromatic rings. The third-order valence-corrected chi connectivity index (χ3v) is 5.20. The highest BCUT2D eigenvalue weighted by Gasteiger charge is 2.26. The molecule has 23 heavy (non-hydrogen) atoms. The van der Waals surface area contributed by atoms with Crippen molar-refractivity contribution in [3.8, 4) is 0 Å². The van der Waals surface area contributed by atoms with E-state index in [1.807, 2.05) is 28.8 Å². The van der Waals surface area contributed by atoms with Gasteiger partial charge in [-0.3, -0.25) is 9.20 Å². The summed E-state index contributed by atoms with van der Waals surface area (Å²) in [6.07, 6.45) is 10.5. The predicted octanol–water partition coefficient (Wildman–Crippen LogP) is 3.22. The minimum atomic E-state index is -0.0747. The van der Waals surface area contributed by atoms with Crippen LogP contribution in [0.2, 0.25) is 0 Å². The zero-order chi connectivity index (χ0) is 16.1. The summed E-state index contributed by atoms with van der Waals surface area (Å²) in [6.45, 7) is 0. The third kappa shape index (κ3) is 3.86. The Morgan fingerprint density at radius 3 is 2.96 bits per heavy atom. The van der Waals surface area contributed by atoms with Crippen molar-refractivity contribution >= 4 is 23.3 Å². The number of hydrogen-bond donors (Lipinski definition) is 1. The number of aromatic nitrogens is 3. The van der Waals surface area contributed by atoms with E-state index in [1.165, 1.54) is 19.3 Å². The molecule has 0 saturated heterocycles. The summed E-state index contributed by atoms with van der Waals surface area (Å²) in [5.41, 5.74) is 0.823. The van der Waals surface area contributed by atoms with Gasteiger partial charge in [0.1, 0.15) is 0 Å². The monoisotopic (exact) mass is 332 g/mol. The van der Waals surface area contributed by atoms with E-state index in [0.717, 1.165) is 36.5 Å². The minimum Gasteiger partial charge on any atom is -0.346 e. The largest absolute Gasteiger partial charge is 0.346 e. The van der Waals surface area contributed by atoms with Crippen LogP contribution in [0.1, 0.15) is 50.4 Å². The van der Waals surface area contributed by atoms with Gasteiger partial charge in [0.2, 0.25) is 5.91 Å². The summed E-state index contributed by atoms with van der Waals surface area (Å²) in [6, 6.07) is 5.78. The second kappa shape index (κ2) is 7.81. The maximum Gasteiger partial charge on any atom is 0.223 e. The summed E-state index contributed by atoms with van der Waals surface area (Å²) >= 11 is 1.79. The van der Waals surface area contributed by atoms with E-state index in [4.69, 9.17) is 0 Å². The van der Waals surface area contributed by atoms with Gasteiger partial charge >= 0.3 is 0 Å². The molecule has 1 amide bonds. The molecule has 0 aliphatic heterocycles. The van der Waals surface area contributed by atoms with Gasteiger partial charge in [0, 0.05) is 12.1 Å². The quantitative estimate of drug-likeness (QED) is 0.882. The van der Waals surface area contributed by atoms with Gasteiger partial charge in [-0.2, -0.15) is 11.8 Å². The first-order valence-electron chi connectivity index (χ1n) is 8.38. The maximum atomic E-state index is 12.6. The molecule has 1 fully saturated rings. The van der Waals surface area contributed by atoms with Crippen LogP contribution in [0.15, 0.2) is 24.4 Å². The van der Waals surface area contributed by atoms with Crippen molar-refractivity contribution in [1.29, 1.82) is 0 Å². The molecular formula is C17H24N4OS. The van der Waals surface area contributed by atoms with Gasteiger partial charge in [0.25, 0.3) is 0 Å². The van der Waals surface area contributed by atoms with Crippen LogP contribution in [0.5, 0.6) is 0 Å². The number of nitrogens with one attached hydrogen (secondary N) is 1. The first kappa shape index (κ1) is 16.3. The number of carbonyl (C=O) groups is 1. The number of rotatable bonds is 6. The molecule has 0 unspecified atom stereocenters. The average Bonchev–Trinajstić information content (AvgIpc) is 3.03. The highest BCUT2D eigenvalue weighted by Crippen LogP contribution is 2.25. The molecule has 124 valence electrons. The fourth-order valence-corrected chi connectivity index (χ4v) is 3.72. The molecule has 2 heterocycles. The zero-order valence-electron chi connectivity index (χ0n) is 13.6. The summed E-state index contributed by atoms with van der Waals surface area (Å²) in [7, 11) is 0. The van der Waals surface area contributed by atoms with E-state index in [9.17, 15) is 4.79 Å². The van der Waals surface area contributed by atoms with Gasteiger partial charge in [-0.05, 0) is 43.4 Å². The first-order valence-corrected chi connectivity index (χ1v) is 9.78. The molecule has 1 saturated carbocycles. The van der Waals surface area contributed by atoms with Gasteiger partial charge in [-0.15, -0.1) is 10.2 Å². The van der Waals surface area contributed by atoms with Crippen molar-refractivity contribution in [3.05, 3.63) is 30.2 Å². The Bertz CT molecular complexity index is 651. The summed E-state index contributed by atoms with van der Waals surface area (Å²) in [5.74, 6) is 2.17. The highest BCUT2D eigenvalue weighted by atomic mass is 32.2. The number of thioether (sulfide) groups is 1. The van der Waals surface area contributed by atoms with Gasteiger partial charge in [-0.1, -0.05) is 25.3 Å². The lowest BCUT2D eigenvalue weighted by molar-refractivity contribution is -0.126. The Labute approximate surface area is 141 Å². The molecule has 0 spiro atoms. The number of hydrogen-bond acceptors (Lipinski definition) is 4. The fourth-order valence-electron chi connectivity index (χ4n) is 3.25. The lowest BCUT2D eigenvalue weighted by Crippen LogP contribution is -2.36. The van der Waals surface area contributed by atoms with Crippen LogP contribution in [-0.4, -0.2) is 32.5 Å². The van der Waals surface area contributed by atoms with Gasteiger partial charge in [-0.25, -0.2) is 0 Å². The lowest BCUT2D eigenvalue weighted by atomic mass is 9.88. The average molecular weight is 332 g/mol. The van der Waals surface area contributed by atoms with Crippen LogP contribution in [-0.2, 0) is 4.79 Å². The summed E-state index contributed by atoms with van der Waals surface area (Å²) in [4.78, 5) is 12.6. The molecule has 0 bridgehead atoms. The summed E-state index contributed by atoms with van der Waals surface area (Å²) in [5, 5.41) is 11.8. The van der Waals surface area contributed by atoms with Crippen LogP contribution in [0.25, 0.3) is 5.65 Å². The standard InChI is InChI=1S/C17H24N4OS/c1-23-12-10-14(18-17(22)13-7-3-2-4-8-13)16-20-19-15-9-5-6-11-21(15)16/h5-6,9,11,13-14H,2-4,7-8,10,12H2,1H3,(H,18,22)/t14-/m1/s1. The minimum absolute atomic E-state index is 0.0747. The molecule has 0 aromatic carbocycles. The Hall–Kier alpha value is -1.56. The Balaban J connectivity index is 1.78. The van der Waals surface area contributed by atoms with E-state index in [1.54, 1.807) is 11.8 Å². The van der Waals surface area contributed by atoms with Crippen LogP contribution in [0, 0.1) is 5.92 Å². The van der Waals surface area contributed by atoms with Crippen molar-refractivity contribution in [2.45, 2.75) is 44.6 Å². The second-order valence-corrected chi connectivity index (χ2v) is 7.15. The second-order valence-electron chi connectivity index (χ2n) is 6.16. The van der Waals surface area contributed by atoms with Crippen molar-refractivity contribution in [2.75, 3.05) is 12.0 Å². The Morgan fingerprint density at radius 1 is 1.35 bits per heavy atom. The molecule has 2 aromatic heterocycles. The third-order valence-electron chi connectivity index (χ3n) is 4.55. The van der Waals surface area contributed by atoms with Gasteiger partial charge in [0.15, 0.2) is 11.5 Å². The van der Waals surface area contributed by atoms with Crippen molar-refractivity contribution in [2.24, 2.45) is 5.92 Å². The smallest absolute Gasteiger partial charge is 0.223 e. The fraction of sp³-hybridized carbons (Fsp3) is 0.588. The lowest BCUT2D eigenvalue weighted by Gasteiger charge is -2.24. The van der Waals surface area contributed by atoms with Crippen LogP contribution >= 0.6 is 11.8 Å². The van der Waals surface area contributed by atoms with Crippen LogP contribution in [0.3, 0.4) is 0 Å². The van der Waals surface area contributed by atoms with Gasteiger partial charge in [0.05, 0.1) is 6.04 Å². The molecule has 3 rings (SSSR count). The van der Waals surface area contributed by atoms with Crippen molar-refractivity contribution in [1.82, 2.24) is 19.9 Å². The maximum absolute atomic E-state index is 12.6. The van der Waals surface area contributed by atoms with E-state index >= 15 is 0 Å². The van der Waals surface area contributed by atoms with E-state index in [2.05, 4.69) is 21.8 Å². The summed E-state index contributed by atoms with van der Waals surface area (Å²) < 4.78 is 1.98. The van der Waals surface area contributed by atoms with Crippen LogP contribution in [0.4, 0.5) is 0 Å². The molecule has 1 N–H and O–H groups in total. The Morgan fingerprint density at radius 2 is 2.17 bits per heavy atom. The van der Waals surface area contributed by atoms with E-state index in [-0.39, 0.29) is 17.9 Å². The number of fused-ring (bicyclic) bond motifs is 1. The van der Waals surface area contributed by atoms with Gasteiger partial charge < -0.3 is 5.32 Å². The molecule has 1 aliphatic rings. The van der Waals surface area contributed by atoms with Crippen LogP contribution < -0.4 is 5.32 Å². The molecule has 5 nitrogen and oxygen atoms in total. The highest BCUT2D eigenvalue weighted by molar-refractivity contribution is 7.98. The topological polar surface area (TPSA) is 59.3 Å².